The van der Waals surface area contributed by atoms with Crippen LogP contribution in [-0.2, 0) is 19.1 Å². The Labute approximate surface area is 203 Å². The average Bonchev–Trinajstić information content (AvgIpc) is 3.26. The number of hydrogen-bond donors (Lipinski definition) is 1. The molecular weight excluding hydrogens is 448 g/mol. The number of nitrogens with one attached hydrogen (secondary N) is 1. The van der Waals surface area contributed by atoms with E-state index >= 15 is 0 Å². The van der Waals surface area contributed by atoms with Crippen LogP contribution in [0, 0.1) is 12.8 Å². The summed E-state index contributed by atoms with van der Waals surface area (Å²) < 4.78 is 16.1. The van der Waals surface area contributed by atoms with Gasteiger partial charge in [0.05, 0.1) is 13.0 Å². The van der Waals surface area contributed by atoms with Crippen molar-refractivity contribution < 1.29 is 28.6 Å². The molecule has 0 spiro atoms. The van der Waals surface area contributed by atoms with E-state index in [1.807, 2.05) is 31.2 Å². The van der Waals surface area contributed by atoms with Crippen molar-refractivity contribution in [3.05, 3.63) is 78.4 Å². The zero-order valence-corrected chi connectivity index (χ0v) is 19.5. The summed E-state index contributed by atoms with van der Waals surface area (Å²) in [6.07, 6.45) is 0.0257. The number of carbonyl (C=O) groups is 3. The molecule has 8 heteroatoms. The maximum atomic E-state index is 12.5. The molecule has 1 fully saturated rings. The summed E-state index contributed by atoms with van der Waals surface area (Å²) in [5.74, 6) is 0.0775. The first-order chi connectivity index (χ1) is 16.9. The van der Waals surface area contributed by atoms with E-state index < -0.39 is 24.4 Å². The number of aryl methyl sites for hydroxylation is 1. The summed E-state index contributed by atoms with van der Waals surface area (Å²) in [6.45, 7) is 1.75. The van der Waals surface area contributed by atoms with Gasteiger partial charge in [0.25, 0.3) is 5.91 Å². The number of esters is 1. The lowest BCUT2D eigenvalue weighted by Crippen LogP contribution is -2.28. The molecule has 1 N–H and O–H groups in total. The van der Waals surface area contributed by atoms with Gasteiger partial charge in [0.1, 0.15) is 17.2 Å². The van der Waals surface area contributed by atoms with E-state index in [1.165, 1.54) is 12.0 Å². The predicted molar refractivity (Wildman–Crippen MR) is 131 cm³/mol. The van der Waals surface area contributed by atoms with Crippen molar-refractivity contribution in [3.63, 3.8) is 0 Å². The fraction of sp³-hybridized carbons (Fsp3) is 0.222. The second-order valence-electron chi connectivity index (χ2n) is 8.20. The fourth-order valence-electron chi connectivity index (χ4n) is 3.70. The lowest BCUT2D eigenvalue weighted by Gasteiger charge is -2.17. The van der Waals surface area contributed by atoms with Gasteiger partial charge in [0, 0.05) is 30.4 Å². The Kier molecular flexibility index (Phi) is 7.30. The van der Waals surface area contributed by atoms with Crippen LogP contribution in [-0.4, -0.2) is 38.0 Å². The highest BCUT2D eigenvalue weighted by atomic mass is 16.5. The highest BCUT2D eigenvalue weighted by Gasteiger charge is 2.36. The lowest BCUT2D eigenvalue weighted by molar-refractivity contribution is -0.151. The van der Waals surface area contributed by atoms with Crippen LogP contribution in [0.25, 0.3) is 0 Å². The summed E-state index contributed by atoms with van der Waals surface area (Å²) in [5.41, 5.74) is 2.34. The Balaban J connectivity index is 1.28. The van der Waals surface area contributed by atoms with E-state index in [4.69, 9.17) is 14.2 Å². The SMILES string of the molecule is COc1cccc(NC(=O)COC(=O)[C@@H]2CC(=O)N(c3ccc(Oc4ccc(C)cc4)cc3)C2)c1. The highest BCUT2D eigenvalue weighted by Crippen LogP contribution is 2.29. The molecule has 0 radical (unpaired) electrons. The summed E-state index contributed by atoms with van der Waals surface area (Å²) >= 11 is 0. The van der Waals surface area contributed by atoms with E-state index in [1.54, 1.807) is 48.5 Å². The van der Waals surface area contributed by atoms with Crippen LogP contribution in [0.1, 0.15) is 12.0 Å². The van der Waals surface area contributed by atoms with Gasteiger partial charge in [-0.05, 0) is 55.5 Å². The van der Waals surface area contributed by atoms with Crippen LogP contribution < -0.4 is 19.7 Å². The molecule has 3 aromatic rings. The van der Waals surface area contributed by atoms with Crippen molar-refractivity contribution in [1.82, 2.24) is 0 Å². The first-order valence-electron chi connectivity index (χ1n) is 11.2. The average molecular weight is 475 g/mol. The lowest BCUT2D eigenvalue weighted by atomic mass is 10.1. The number of nitrogens with zero attached hydrogens (tertiary/aromatic N) is 1. The number of ether oxygens (including phenoxy) is 3. The van der Waals surface area contributed by atoms with E-state index in [2.05, 4.69) is 5.32 Å². The Morgan fingerprint density at radius 3 is 2.34 bits per heavy atom. The third-order valence-electron chi connectivity index (χ3n) is 5.56. The molecule has 1 heterocycles. The topological polar surface area (TPSA) is 94.2 Å². The minimum absolute atomic E-state index is 0.0257. The molecule has 2 amide bonds. The quantitative estimate of drug-likeness (QED) is 0.489. The van der Waals surface area contributed by atoms with E-state index in [-0.39, 0.29) is 18.9 Å². The second kappa shape index (κ2) is 10.7. The third-order valence-corrected chi connectivity index (χ3v) is 5.56. The van der Waals surface area contributed by atoms with Gasteiger partial charge in [-0.1, -0.05) is 23.8 Å². The number of amides is 2. The van der Waals surface area contributed by atoms with Crippen molar-refractivity contribution in [1.29, 1.82) is 0 Å². The van der Waals surface area contributed by atoms with Gasteiger partial charge >= 0.3 is 5.97 Å². The molecule has 0 aromatic heterocycles. The molecule has 0 aliphatic carbocycles. The molecule has 3 aromatic carbocycles. The van der Waals surface area contributed by atoms with Gasteiger partial charge in [0.2, 0.25) is 5.91 Å². The summed E-state index contributed by atoms with van der Waals surface area (Å²) in [7, 11) is 1.53. The number of methoxy groups -OCH3 is 1. The minimum Gasteiger partial charge on any atom is -0.497 e. The maximum absolute atomic E-state index is 12.5. The van der Waals surface area contributed by atoms with Gasteiger partial charge < -0.3 is 24.4 Å². The highest BCUT2D eigenvalue weighted by molar-refractivity contribution is 6.00. The van der Waals surface area contributed by atoms with Gasteiger partial charge in [-0.3, -0.25) is 14.4 Å². The van der Waals surface area contributed by atoms with Crippen molar-refractivity contribution in [2.45, 2.75) is 13.3 Å². The Bertz CT molecular complexity index is 1210. The first kappa shape index (κ1) is 23.8. The Hall–Kier alpha value is -4.33. The van der Waals surface area contributed by atoms with Gasteiger partial charge in [-0.2, -0.15) is 0 Å². The second-order valence-corrected chi connectivity index (χ2v) is 8.20. The van der Waals surface area contributed by atoms with E-state index in [0.717, 1.165) is 11.3 Å². The molecule has 8 nitrogen and oxygen atoms in total. The van der Waals surface area contributed by atoms with Crippen LogP contribution in [0.15, 0.2) is 72.8 Å². The molecule has 4 rings (SSSR count). The van der Waals surface area contributed by atoms with Gasteiger partial charge in [0.15, 0.2) is 6.61 Å². The van der Waals surface area contributed by atoms with Crippen molar-refractivity contribution in [2.24, 2.45) is 5.92 Å². The standard InChI is InChI=1S/C27H26N2O6/c1-18-6-10-22(11-7-18)35-23-12-8-21(9-13-23)29-16-19(14-26(29)31)27(32)34-17-25(30)28-20-4-3-5-24(15-20)33-2/h3-13,15,19H,14,16-17H2,1-2H3,(H,28,30)/t19-/m1/s1. The van der Waals surface area contributed by atoms with Crippen LogP contribution >= 0.6 is 0 Å². The zero-order chi connectivity index (χ0) is 24.8. The van der Waals surface area contributed by atoms with Gasteiger partial charge in [-0.15, -0.1) is 0 Å². The normalized spacial score (nSPS) is 15.0. The maximum Gasteiger partial charge on any atom is 0.311 e. The predicted octanol–water partition coefficient (Wildman–Crippen LogP) is 4.33. The summed E-state index contributed by atoms with van der Waals surface area (Å²) in [4.78, 5) is 38.7. The number of carbonyl (C=O) groups excluding carboxylic acids is 3. The van der Waals surface area contributed by atoms with Gasteiger partial charge in [-0.25, -0.2) is 0 Å². The van der Waals surface area contributed by atoms with Crippen LogP contribution in [0.2, 0.25) is 0 Å². The van der Waals surface area contributed by atoms with Crippen molar-refractivity contribution in [2.75, 3.05) is 30.5 Å². The molecule has 1 aliphatic heterocycles. The zero-order valence-electron chi connectivity index (χ0n) is 19.5. The fourth-order valence-corrected chi connectivity index (χ4v) is 3.70. The number of benzene rings is 3. The molecule has 0 bridgehead atoms. The van der Waals surface area contributed by atoms with Crippen LogP contribution in [0.3, 0.4) is 0 Å². The summed E-state index contributed by atoms with van der Waals surface area (Å²) in [5, 5.41) is 2.65. The Morgan fingerprint density at radius 1 is 0.971 bits per heavy atom. The minimum atomic E-state index is -0.643. The monoisotopic (exact) mass is 474 g/mol. The smallest absolute Gasteiger partial charge is 0.311 e. The summed E-state index contributed by atoms with van der Waals surface area (Å²) in [6, 6.07) is 21.7. The first-order valence-corrected chi connectivity index (χ1v) is 11.2. The number of anilines is 2. The van der Waals surface area contributed by atoms with E-state index in [9.17, 15) is 14.4 Å². The molecule has 0 saturated carbocycles. The van der Waals surface area contributed by atoms with Crippen molar-refractivity contribution in [3.8, 4) is 17.2 Å². The van der Waals surface area contributed by atoms with Crippen LogP contribution in [0.5, 0.6) is 17.2 Å². The molecule has 1 atom stereocenters. The largest absolute Gasteiger partial charge is 0.497 e. The molecule has 1 saturated heterocycles. The third kappa shape index (κ3) is 6.17. The van der Waals surface area contributed by atoms with Crippen molar-refractivity contribution >= 4 is 29.2 Å². The Morgan fingerprint density at radius 2 is 1.66 bits per heavy atom. The number of hydrogen-bond acceptors (Lipinski definition) is 6. The molecule has 0 unspecified atom stereocenters. The van der Waals surface area contributed by atoms with Crippen LogP contribution in [0.4, 0.5) is 11.4 Å². The molecular formula is C27H26N2O6. The molecule has 1 aliphatic rings. The van der Waals surface area contributed by atoms with E-state index in [0.29, 0.717) is 22.9 Å². The molecule has 180 valence electrons. The number of rotatable bonds is 8. The molecule has 35 heavy (non-hydrogen) atoms.